The van der Waals surface area contributed by atoms with Gasteiger partial charge in [-0.3, -0.25) is 4.79 Å². The lowest BCUT2D eigenvalue weighted by Crippen LogP contribution is -2.56. The fourth-order valence-corrected chi connectivity index (χ4v) is 2.26. The van der Waals surface area contributed by atoms with E-state index in [0.29, 0.717) is 30.2 Å². The van der Waals surface area contributed by atoms with E-state index >= 15 is 0 Å². The molecule has 1 aliphatic heterocycles. The lowest BCUT2D eigenvalue weighted by Gasteiger charge is -2.33. The number of rotatable bonds is 4. The Balaban J connectivity index is 2.31. The molecule has 1 aromatic rings. The van der Waals surface area contributed by atoms with E-state index in [1.807, 2.05) is 0 Å². The summed E-state index contributed by atoms with van der Waals surface area (Å²) in [6, 6.07) is 3.93. The fraction of sp³-hybridized carbons (Fsp3) is 0.429. The summed E-state index contributed by atoms with van der Waals surface area (Å²) >= 11 is 0. The molecular formula is C14H18N2O5. The van der Waals surface area contributed by atoms with Crippen LogP contribution in [0.15, 0.2) is 18.2 Å². The summed E-state index contributed by atoms with van der Waals surface area (Å²) in [5.41, 5.74) is 0.347. The molecule has 1 aliphatic rings. The van der Waals surface area contributed by atoms with Gasteiger partial charge < -0.3 is 24.8 Å². The van der Waals surface area contributed by atoms with Gasteiger partial charge in [0, 0.05) is 31.3 Å². The smallest absolute Gasteiger partial charge is 0.327 e. The first kappa shape index (κ1) is 15.1. The van der Waals surface area contributed by atoms with Crippen molar-refractivity contribution in [1.29, 1.82) is 0 Å². The van der Waals surface area contributed by atoms with Crippen LogP contribution in [0.2, 0.25) is 0 Å². The van der Waals surface area contributed by atoms with E-state index in [9.17, 15) is 14.7 Å². The third kappa shape index (κ3) is 3.25. The maximum absolute atomic E-state index is 12.6. The van der Waals surface area contributed by atoms with Gasteiger partial charge in [0.1, 0.15) is 17.5 Å². The number of methoxy groups -OCH3 is 2. The average Bonchev–Trinajstić information content (AvgIpc) is 2.53. The van der Waals surface area contributed by atoms with Gasteiger partial charge in [0.2, 0.25) is 0 Å². The molecule has 2 rings (SSSR count). The molecule has 2 N–H and O–H groups in total. The molecular weight excluding hydrogens is 276 g/mol. The highest BCUT2D eigenvalue weighted by Crippen LogP contribution is 2.24. The van der Waals surface area contributed by atoms with Crippen LogP contribution in [0.1, 0.15) is 10.4 Å². The molecule has 114 valence electrons. The molecule has 1 fully saturated rings. The minimum Gasteiger partial charge on any atom is -0.497 e. The summed E-state index contributed by atoms with van der Waals surface area (Å²) in [6.07, 6.45) is 0. The Labute approximate surface area is 122 Å². The van der Waals surface area contributed by atoms with E-state index in [0.717, 1.165) is 0 Å². The number of carbonyl (C=O) groups is 2. The topological polar surface area (TPSA) is 88.1 Å². The van der Waals surface area contributed by atoms with Crippen molar-refractivity contribution in [2.45, 2.75) is 6.04 Å². The number of benzene rings is 1. The molecule has 0 radical (unpaired) electrons. The minimum atomic E-state index is -1.02. The Morgan fingerprint density at radius 2 is 1.86 bits per heavy atom. The molecule has 0 saturated carbocycles. The first-order valence-corrected chi connectivity index (χ1v) is 6.54. The maximum atomic E-state index is 12.6. The third-order valence-corrected chi connectivity index (χ3v) is 3.39. The molecule has 7 nitrogen and oxygen atoms in total. The van der Waals surface area contributed by atoms with Gasteiger partial charge in [0.05, 0.1) is 14.2 Å². The number of ether oxygens (including phenoxy) is 2. The number of nitrogens with zero attached hydrogens (tertiary/aromatic N) is 1. The average molecular weight is 294 g/mol. The fourth-order valence-electron chi connectivity index (χ4n) is 2.26. The van der Waals surface area contributed by atoms with Crippen molar-refractivity contribution >= 4 is 11.9 Å². The SMILES string of the molecule is COc1cc(OC)cc(C(=O)N2CCNCC2C(=O)O)c1. The summed E-state index contributed by atoms with van der Waals surface area (Å²) in [5, 5.41) is 12.2. The van der Waals surface area contributed by atoms with Crippen molar-refractivity contribution in [1.82, 2.24) is 10.2 Å². The number of nitrogens with one attached hydrogen (secondary N) is 1. The normalized spacial score (nSPS) is 18.2. The van der Waals surface area contributed by atoms with Gasteiger partial charge in [0.25, 0.3) is 5.91 Å². The van der Waals surface area contributed by atoms with Gasteiger partial charge in [-0.2, -0.15) is 0 Å². The number of carbonyl (C=O) groups excluding carboxylic acids is 1. The van der Waals surface area contributed by atoms with Crippen molar-refractivity contribution in [2.24, 2.45) is 0 Å². The molecule has 1 saturated heterocycles. The van der Waals surface area contributed by atoms with Gasteiger partial charge in [-0.1, -0.05) is 0 Å². The number of hydrogen-bond donors (Lipinski definition) is 2. The molecule has 0 spiro atoms. The van der Waals surface area contributed by atoms with Crippen molar-refractivity contribution in [3.05, 3.63) is 23.8 Å². The summed E-state index contributed by atoms with van der Waals surface area (Å²) in [6.45, 7) is 1.15. The molecule has 1 heterocycles. The van der Waals surface area contributed by atoms with Crippen molar-refractivity contribution < 1.29 is 24.2 Å². The zero-order chi connectivity index (χ0) is 15.4. The molecule has 1 atom stereocenters. The number of hydrogen-bond acceptors (Lipinski definition) is 5. The predicted molar refractivity (Wildman–Crippen MR) is 74.9 cm³/mol. The minimum absolute atomic E-state index is 0.238. The van der Waals surface area contributed by atoms with Crippen LogP contribution in [0.3, 0.4) is 0 Å². The van der Waals surface area contributed by atoms with Crippen molar-refractivity contribution in [2.75, 3.05) is 33.9 Å². The molecule has 1 aromatic carbocycles. The van der Waals surface area contributed by atoms with Crippen LogP contribution in [0.4, 0.5) is 0 Å². The second-order valence-electron chi connectivity index (χ2n) is 4.66. The van der Waals surface area contributed by atoms with Crippen LogP contribution in [0.25, 0.3) is 0 Å². The third-order valence-electron chi connectivity index (χ3n) is 3.39. The molecule has 0 aliphatic carbocycles. The number of amides is 1. The van der Waals surface area contributed by atoms with E-state index < -0.39 is 12.0 Å². The molecule has 1 unspecified atom stereocenters. The van der Waals surface area contributed by atoms with Crippen LogP contribution in [-0.4, -0.2) is 61.8 Å². The zero-order valence-electron chi connectivity index (χ0n) is 12.0. The Bertz CT molecular complexity index is 524. The van der Waals surface area contributed by atoms with Gasteiger partial charge in [-0.05, 0) is 12.1 Å². The Morgan fingerprint density at radius 1 is 1.24 bits per heavy atom. The second-order valence-corrected chi connectivity index (χ2v) is 4.66. The van der Waals surface area contributed by atoms with E-state index in [1.165, 1.54) is 19.1 Å². The summed E-state index contributed by atoms with van der Waals surface area (Å²) in [7, 11) is 2.99. The van der Waals surface area contributed by atoms with E-state index in [4.69, 9.17) is 9.47 Å². The Hall–Kier alpha value is -2.28. The first-order valence-electron chi connectivity index (χ1n) is 6.54. The Kier molecular flexibility index (Phi) is 4.64. The lowest BCUT2D eigenvalue weighted by atomic mass is 10.1. The van der Waals surface area contributed by atoms with Crippen LogP contribution in [-0.2, 0) is 4.79 Å². The Morgan fingerprint density at radius 3 is 2.38 bits per heavy atom. The standard InChI is InChI=1S/C14H18N2O5/c1-20-10-5-9(6-11(7-10)21-2)13(17)16-4-3-15-8-12(16)14(18)19/h5-7,12,15H,3-4,8H2,1-2H3,(H,18,19). The summed E-state index contributed by atoms with van der Waals surface area (Å²) in [4.78, 5) is 25.2. The second kappa shape index (κ2) is 6.45. The largest absolute Gasteiger partial charge is 0.497 e. The highest BCUT2D eigenvalue weighted by molar-refractivity contribution is 5.97. The van der Waals surface area contributed by atoms with Gasteiger partial charge >= 0.3 is 5.97 Å². The van der Waals surface area contributed by atoms with E-state index in [-0.39, 0.29) is 12.5 Å². The lowest BCUT2D eigenvalue weighted by molar-refractivity contribution is -0.142. The highest BCUT2D eigenvalue weighted by Gasteiger charge is 2.32. The molecule has 0 bridgehead atoms. The highest BCUT2D eigenvalue weighted by atomic mass is 16.5. The van der Waals surface area contributed by atoms with Crippen LogP contribution in [0, 0.1) is 0 Å². The van der Waals surface area contributed by atoms with Gasteiger partial charge in [0.15, 0.2) is 0 Å². The predicted octanol–water partition coefficient (Wildman–Crippen LogP) is 0.202. The maximum Gasteiger partial charge on any atom is 0.327 e. The molecule has 7 heteroatoms. The monoisotopic (exact) mass is 294 g/mol. The molecule has 0 aromatic heterocycles. The van der Waals surface area contributed by atoms with Crippen LogP contribution >= 0.6 is 0 Å². The molecule has 1 amide bonds. The quantitative estimate of drug-likeness (QED) is 0.825. The van der Waals surface area contributed by atoms with Crippen LogP contribution in [0.5, 0.6) is 11.5 Å². The van der Waals surface area contributed by atoms with Gasteiger partial charge in [-0.25, -0.2) is 4.79 Å². The summed E-state index contributed by atoms with van der Waals surface area (Å²) in [5.74, 6) is -0.397. The van der Waals surface area contributed by atoms with E-state index in [2.05, 4.69) is 5.32 Å². The number of carboxylic acids is 1. The number of aliphatic carboxylic acids is 1. The van der Waals surface area contributed by atoms with E-state index in [1.54, 1.807) is 18.2 Å². The first-order chi connectivity index (χ1) is 10.1. The van der Waals surface area contributed by atoms with Gasteiger partial charge in [-0.15, -0.1) is 0 Å². The summed E-state index contributed by atoms with van der Waals surface area (Å²) < 4.78 is 10.3. The van der Waals surface area contributed by atoms with Crippen molar-refractivity contribution in [3.8, 4) is 11.5 Å². The van der Waals surface area contributed by atoms with Crippen molar-refractivity contribution in [3.63, 3.8) is 0 Å². The zero-order valence-corrected chi connectivity index (χ0v) is 12.0. The number of carboxylic acid groups (broad SMARTS) is 1. The number of piperazine rings is 1. The molecule has 21 heavy (non-hydrogen) atoms. The van der Waals surface area contributed by atoms with Crippen LogP contribution < -0.4 is 14.8 Å².